The molecule has 1 aliphatic carbocycles. The fourth-order valence-corrected chi connectivity index (χ4v) is 7.94. The predicted octanol–water partition coefficient (Wildman–Crippen LogP) is 6.90. The van der Waals surface area contributed by atoms with Gasteiger partial charge in [-0.05, 0) is 66.9 Å². The maximum Gasteiger partial charge on any atom is 0.264 e. The molecule has 49 heavy (non-hydrogen) atoms. The molecule has 1 fully saturated rings. The van der Waals surface area contributed by atoms with Crippen molar-refractivity contribution >= 4 is 50.7 Å². The van der Waals surface area contributed by atoms with Crippen LogP contribution in [0.1, 0.15) is 36.8 Å². The van der Waals surface area contributed by atoms with E-state index in [-0.39, 0.29) is 41.2 Å². The van der Waals surface area contributed by atoms with Crippen LogP contribution in [0.3, 0.4) is 0 Å². The molecule has 0 radical (unpaired) electrons. The first-order chi connectivity index (χ1) is 23.6. The fraction of sp³-hybridized carbons (Fsp3) is 0.297. The van der Waals surface area contributed by atoms with E-state index in [1.807, 2.05) is 30.3 Å². The molecule has 9 nitrogen and oxygen atoms in total. The first-order valence-electron chi connectivity index (χ1n) is 16.0. The summed E-state index contributed by atoms with van der Waals surface area (Å²) in [5.41, 5.74) is 1.41. The van der Waals surface area contributed by atoms with Crippen LogP contribution in [-0.2, 0) is 32.6 Å². The number of halogens is 2. The van der Waals surface area contributed by atoms with Crippen LogP contribution in [0, 0.1) is 0 Å². The van der Waals surface area contributed by atoms with E-state index < -0.39 is 28.5 Å². The number of amides is 2. The Bertz CT molecular complexity index is 1830. The van der Waals surface area contributed by atoms with Gasteiger partial charge in [-0.25, -0.2) is 8.42 Å². The molecular formula is C37H39Cl2N3O6S. The van der Waals surface area contributed by atoms with Crippen molar-refractivity contribution < 1.29 is 27.5 Å². The van der Waals surface area contributed by atoms with Crippen LogP contribution in [0.15, 0.2) is 102 Å². The molecule has 0 aromatic heterocycles. The normalized spacial score (nSPS) is 13.8. The van der Waals surface area contributed by atoms with Gasteiger partial charge in [0, 0.05) is 34.6 Å². The van der Waals surface area contributed by atoms with Gasteiger partial charge in [-0.1, -0.05) is 84.6 Å². The quantitative estimate of drug-likeness (QED) is 0.152. The average molecular weight is 725 g/mol. The molecule has 0 saturated heterocycles. The van der Waals surface area contributed by atoms with E-state index in [0.29, 0.717) is 21.4 Å². The zero-order valence-electron chi connectivity index (χ0n) is 27.4. The molecule has 258 valence electrons. The van der Waals surface area contributed by atoms with Gasteiger partial charge in [-0.15, -0.1) is 0 Å². The van der Waals surface area contributed by atoms with Crippen LogP contribution in [0.4, 0.5) is 5.69 Å². The highest BCUT2D eigenvalue weighted by atomic mass is 35.5. The van der Waals surface area contributed by atoms with Crippen molar-refractivity contribution in [3.05, 3.63) is 118 Å². The SMILES string of the molecule is COc1ccc(S(=O)(=O)N(CC(=O)N(Cc2c(Cl)cccc2Cl)[C@@H](Cc2ccccc2)C(=O)NC2CCCC2)c2ccccc2OC)cc1. The molecule has 4 aromatic carbocycles. The van der Waals surface area contributed by atoms with Crippen molar-refractivity contribution in [1.29, 1.82) is 0 Å². The minimum Gasteiger partial charge on any atom is -0.497 e. The lowest BCUT2D eigenvalue weighted by Crippen LogP contribution is -2.54. The largest absolute Gasteiger partial charge is 0.497 e. The van der Waals surface area contributed by atoms with E-state index >= 15 is 0 Å². The third-order valence-electron chi connectivity index (χ3n) is 8.64. The van der Waals surface area contributed by atoms with Crippen molar-refractivity contribution in [3.63, 3.8) is 0 Å². The number of rotatable bonds is 14. The topological polar surface area (TPSA) is 105 Å². The van der Waals surface area contributed by atoms with Gasteiger partial charge in [0.15, 0.2) is 0 Å². The minimum absolute atomic E-state index is 0.0212. The molecule has 1 atom stereocenters. The van der Waals surface area contributed by atoms with E-state index in [9.17, 15) is 18.0 Å². The number of sulfonamides is 1. The Hall–Kier alpha value is -4.25. The highest BCUT2D eigenvalue weighted by Gasteiger charge is 2.37. The lowest BCUT2D eigenvalue weighted by Gasteiger charge is -2.35. The number of carbonyl (C=O) groups excluding carboxylic acids is 2. The van der Waals surface area contributed by atoms with Gasteiger partial charge >= 0.3 is 0 Å². The predicted molar refractivity (Wildman–Crippen MR) is 192 cm³/mol. The van der Waals surface area contributed by atoms with Gasteiger partial charge in [0.1, 0.15) is 24.1 Å². The maximum atomic E-state index is 14.8. The second kappa shape index (κ2) is 16.4. The first kappa shape index (κ1) is 36.0. The second-order valence-corrected chi connectivity index (χ2v) is 14.5. The Morgan fingerprint density at radius 2 is 1.47 bits per heavy atom. The third-order valence-corrected chi connectivity index (χ3v) is 11.1. The Kier molecular flexibility index (Phi) is 12.1. The van der Waals surface area contributed by atoms with Gasteiger partial charge in [-0.2, -0.15) is 0 Å². The van der Waals surface area contributed by atoms with Crippen LogP contribution in [0.5, 0.6) is 11.5 Å². The molecule has 5 rings (SSSR count). The van der Waals surface area contributed by atoms with Gasteiger partial charge in [0.2, 0.25) is 11.8 Å². The number of carbonyl (C=O) groups is 2. The summed E-state index contributed by atoms with van der Waals surface area (Å²) < 4.78 is 40.6. The van der Waals surface area contributed by atoms with Gasteiger partial charge in [0.25, 0.3) is 10.0 Å². The first-order valence-corrected chi connectivity index (χ1v) is 18.2. The number of nitrogens with one attached hydrogen (secondary N) is 1. The van der Waals surface area contributed by atoms with Crippen molar-refractivity contribution in [3.8, 4) is 11.5 Å². The van der Waals surface area contributed by atoms with E-state index in [2.05, 4.69) is 5.32 Å². The van der Waals surface area contributed by atoms with Gasteiger partial charge in [0.05, 0.1) is 24.8 Å². The van der Waals surface area contributed by atoms with E-state index in [4.69, 9.17) is 32.7 Å². The van der Waals surface area contributed by atoms with Crippen molar-refractivity contribution in [2.75, 3.05) is 25.1 Å². The number of anilines is 1. The standard InChI is InChI=1S/C37H39Cl2N3O6S/c1-47-28-19-21-29(22-20-28)49(45,46)42(33-17-8-9-18-35(33)48-2)25-36(43)41(24-30-31(38)15-10-16-32(30)39)34(23-26-11-4-3-5-12-26)37(44)40-27-13-6-7-14-27/h3-5,8-12,15-22,27,34H,6-7,13-14,23-25H2,1-2H3,(H,40,44)/t34-/m0/s1. The number of para-hydroxylation sites is 2. The second-order valence-electron chi connectivity index (χ2n) is 11.8. The highest BCUT2D eigenvalue weighted by molar-refractivity contribution is 7.92. The number of hydrogen-bond donors (Lipinski definition) is 1. The molecule has 0 unspecified atom stereocenters. The summed E-state index contributed by atoms with van der Waals surface area (Å²) in [5, 5.41) is 3.78. The molecule has 1 saturated carbocycles. The van der Waals surface area contributed by atoms with Gasteiger partial charge < -0.3 is 19.7 Å². The van der Waals surface area contributed by atoms with E-state index in [1.54, 1.807) is 42.5 Å². The molecule has 12 heteroatoms. The summed E-state index contributed by atoms with van der Waals surface area (Å²) in [6.45, 7) is -0.798. The lowest BCUT2D eigenvalue weighted by molar-refractivity contribution is -0.140. The lowest BCUT2D eigenvalue weighted by atomic mass is 10.0. The van der Waals surface area contributed by atoms with Crippen molar-refractivity contribution in [1.82, 2.24) is 10.2 Å². The van der Waals surface area contributed by atoms with Crippen LogP contribution in [0.25, 0.3) is 0 Å². The van der Waals surface area contributed by atoms with E-state index in [1.165, 1.54) is 43.4 Å². The van der Waals surface area contributed by atoms with Gasteiger partial charge in [-0.3, -0.25) is 13.9 Å². The number of ether oxygens (including phenoxy) is 2. The molecule has 4 aromatic rings. The Labute approximate surface area is 297 Å². The molecule has 0 bridgehead atoms. The summed E-state index contributed by atoms with van der Waals surface area (Å²) in [7, 11) is -1.45. The van der Waals surface area contributed by atoms with Crippen LogP contribution >= 0.6 is 23.2 Å². The molecule has 2 amide bonds. The zero-order valence-corrected chi connectivity index (χ0v) is 29.7. The molecule has 0 heterocycles. The molecule has 1 N–H and O–H groups in total. The smallest absolute Gasteiger partial charge is 0.264 e. The zero-order chi connectivity index (χ0) is 35.0. The number of nitrogens with zero attached hydrogens (tertiary/aromatic N) is 2. The van der Waals surface area contributed by atoms with E-state index in [0.717, 1.165) is 35.6 Å². The van der Waals surface area contributed by atoms with Crippen LogP contribution in [0.2, 0.25) is 10.0 Å². The summed E-state index contributed by atoms with van der Waals surface area (Å²) in [6.07, 6.45) is 3.87. The molecule has 0 aliphatic heterocycles. The van der Waals surface area contributed by atoms with Crippen molar-refractivity contribution in [2.45, 2.75) is 55.6 Å². The highest BCUT2D eigenvalue weighted by Crippen LogP contribution is 2.34. The molecule has 0 spiro atoms. The summed E-state index contributed by atoms with van der Waals surface area (Å²) in [4.78, 5) is 30.3. The Balaban J connectivity index is 1.61. The summed E-state index contributed by atoms with van der Waals surface area (Å²) >= 11 is 13.2. The summed E-state index contributed by atoms with van der Waals surface area (Å²) in [6, 6.07) is 25.8. The number of benzene rings is 4. The third kappa shape index (κ3) is 8.68. The van der Waals surface area contributed by atoms with Crippen molar-refractivity contribution in [2.24, 2.45) is 0 Å². The monoisotopic (exact) mass is 723 g/mol. The average Bonchev–Trinajstić information content (AvgIpc) is 3.63. The summed E-state index contributed by atoms with van der Waals surface area (Å²) in [5.74, 6) is -0.262. The number of methoxy groups -OCH3 is 2. The van der Waals surface area contributed by atoms with Crippen LogP contribution in [-0.4, -0.2) is 58.0 Å². The number of hydrogen-bond acceptors (Lipinski definition) is 6. The minimum atomic E-state index is -4.36. The van der Waals surface area contributed by atoms with Crippen LogP contribution < -0.4 is 19.1 Å². The Morgan fingerprint density at radius 3 is 2.10 bits per heavy atom. The fourth-order valence-electron chi connectivity index (χ4n) is 6.00. The molecular weight excluding hydrogens is 685 g/mol. The molecule has 1 aliphatic rings. The maximum absolute atomic E-state index is 14.8. The Morgan fingerprint density at radius 1 is 0.837 bits per heavy atom.